The smallest absolute Gasteiger partial charge is 0.339 e. The van der Waals surface area contributed by atoms with Crippen molar-refractivity contribution in [3.8, 4) is 5.75 Å². The summed E-state index contributed by atoms with van der Waals surface area (Å²) in [6.07, 6.45) is 2.19. The number of aromatic hydroxyl groups is 1. The van der Waals surface area contributed by atoms with Gasteiger partial charge in [0.05, 0.1) is 35.1 Å². The second-order valence-corrected chi connectivity index (χ2v) is 9.62. The number of Topliss-reactive ketones (excluding diaryl/α,β-unsaturated/α-hetero) is 1. The second kappa shape index (κ2) is 10.2. The van der Waals surface area contributed by atoms with Gasteiger partial charge in [-0.15, -0.1) is 0 Å². The molecule has 39 heavy (non-hydrogen) atoms. The molecule has 0 spiro atoms. The molecule has 0 radical (unpaired) electrons. The molecule has 1 aliphatic carbocycles. The molecule has 1 unspecified atom stereocenters. The van der Waals surface area contributed by atoms with Crippen molar-refractivity contribution in [2.75, 3.05) is 7.11 Å². The number of fused-ring (bicyclic) bond motifs is 2. The van der Waals surface area contributed by atoms with Crippen molar-refractivity contribution in [1.82, 2.24) is 9.97 Å². The van der Waals surface area contributed by atoms with Crippen molar-refractivity contribution >= 4 is 40.3 Å². The summed E-state index contributed by atoms with van der Waals surface area (Å²) in [5.41, 5.74) is 5.91. The maximum Gasteiger partial charge on any atom is 0.339 e. The summed E-state index contributed by atoms with van der Waals surface area (Å²) in [7, 11) is 1.28. The Kier molecular flexibility index (Phi) is 6.78. The van der Waals surface area contributed by atoms with Crippen molar-refractivity contribution in [3.05, 3.63) is 93.4 Å². The van der Waals surface area contributed by atoms with E-state index in [1.54, 1.807) is 26.0 Å². The minimum atomic E-state index is -1.10. The van der Waals surface area contributed by atoms with Crippen molar-refractivity contribution in [2.24, 2.45) is 0 Å². The number of carbonyl (C=O) groups is 3. The number of pyridine rings is 1. The summed E-state index contributed by atoms with van der Waals surface area (Å²) in [5, 5.41) is 10.3. The molecule has 4 aromatic rings. The number of methoxy groups -OCH3 is 1. The van der Waals surface area contributed by atoms with Crippen molar-refractivity contribution in [3.63, 3.8) is 0 Å². The molecule has 8 heteroatoms. The third-order valence-corrected chi connectivity index (χ3v) is 7.11. The summed E-state index contributed by atoms with van der Waals surface area (Å²) in [5.74, 6) is -1.40. The summed E-state index contributed by atoms with van der Waals surface area (Å²) in [6.45, 7) is 4.86. The Balaban J connectivity index is 1.50. The van der Waals surface area contributed by atoms with Crippen LogP contribution in [-0.4, -0.2) is 46.0 Å². The Morgan fingerprint density at radius 1 is 1.00 bits per heavy atom. The minimum Gasteiger partial charge on any atom is -0.508 e. The van der Waals surface area contributed by atoms with Gasteiger partial charge in [0.25, 0.3) is 0 Å². The zero-order valence-corrected chi connectivity index (χ0v) is 22.1. The van der Waals surface area contributed by atoms with E-state index in [-0.39, 0.29) is 11.4 Å². The van der Waals surface area contributed by atoms with Crippen LogP contribution in [0.5, 0.6) is 5.75 Å². The summed E-state index contributed by atoms with van der Waals surface area (Å²) in [4.78, 5) is 46.9. The number of allylic oxidation sites excluding steroid dienone is 1. The third-order valence-electron chi connectivity index (χ3n) is 7.11. The van der Waals surface area contributed by atoms with Crippen molar-refractivity contribution < 1.29 is 29.0 Å². The van der Waals surface area contributed by atoms with Crippen LogP contribution in [0, 0.1) is 13.8 Å². The fourth-order valence-corrected chi connectivity index (χ4v) is 5.16. The Hall–Kier alpha value is -4.72. The second-order valence-electron chi connectivity index (χ2n) is 9.62. The first-order valence-corrected chi connectivity index (χ1v) is 12.6. The molecule has 8 nitrogen and oxygen atoms in total. The SMILES string of the molecule is COC(=O)c1c(C)[nH]c(C(=O)C(C)OC(=O)c2c3c(nc4ccccc24)/C(=C\c2ccc(O)cc2)CC3)c1C. The molecule has 0 aliphatic heterocycles. The fourth-order valence-electron chi connectivity index (χ4n) is 5.16. The van der Waals surface area contributed by atoms with E-state index >= 15 is 0 Å². The number of nitrogens with one attached hydrogen (secondary N) is 1. The van der Waals surface area contributed by atoms with E-state index in [4.69, 9.17) is 14.5 Å². The molecule has 0 amide bonds. The highest BCUT2D eigenvalue weighted by molar-refractivity contribution is 6.09. The van der Waals surface area contributed by atoms with Crippen molar-refractivity contribution in [2.45, 2.75) is 39.7 Å². The number of H-pyrrole nitrogens is 1. The normalized spacial score (nSPS) is 14.3. The quantitative estimate of drug-likeness (QED) is 0.249. The van der Waals surface area contributed by atoms with E-state index in [2.05, 4.69) is 4.98 Å². The molecule has 1 atom stereocenters. The van der Waals surface area contributed by atoms with Gasteiger partial charge in [0.15, 0.2) is 6.10 Å². The first-order chi connectivity index (χ1) is 18.7. The lowest BCUT2D eigenvalue weighted by Crippen LogP contribution is -2.26. The van der Waals surface area contributed by atoms with Crippen LogP contribution >= 0.6 is 0 Å². The van der Waals surface area contributed by atoms with Crippen LogP contribution in [0.3, 0.4) is 0 Å². The molecule has 2 aromatic heterocycles. The molecule has 2 aromatic carbocycles. The molecular weight excluding hydrogens is 496 g/mol. The van der Waals surface area contributed by atoms with Crippen LogP contribution in [0.15, 0.2) is 48.5 Å². The van der Waals surface area contributed by atoms with E-state index < -0.39 is 23.8 Å². The standard InChI is InChI=1S/C31H28N2O6/c1-16-25(30(36)38-4)17(2)32-27(16)29(35)18(3)39-31(37)26-22-7-5-6-8-24(22)33-28-20(11-14-23(26)28)15-19-9-12-21(34)13-10-19/h5-10,12-13,15,18,32,34H,11,14H2,1-4H3/b20-15-. The number of phenols is 1. The van der Waals surface area contributed by atoms with Gasteiger partial charge in [0.2, 0.25) is 5.78 Å². The minimum absolute atomic E-state index is 0.188. The lowest BCUT2D eigenvalue weighted by Gasteiger charge is -2.16. The maximum atomic E-state index is 13.6. The van der Waals surface area contributed by atoms with Gasteiger partial charge in [-0.05, 0) is 80.2 Å². The number of ketones is 1. The van der Waals surface area contributed by atoms with Crippen LogP contribution < -0.4 is 0 Å². The van der Waals surface area contributed by atoms with Gasteiger partial charge in [-0.2, -0.15) is 0 Å². The summed E-state index contributed by atoms with van der Waals surface area (Å²) >= 11 is 0. The van der Waals surface area contributed by atoms with E-state index in [0.29, 0.717) is 46.1 Å². The Morgan fingerprint density at radius 2 is 1.72 bits per heavy atom. The van der Waals surface area contributed by atoms with Gasteiger partial charge in [-0.25, -0.2) is 14.6 Å². The predicted octanol–water partition coefficient (Wildman–Crippen LogP) is 5.59. The van der Waals surface area contributed by atoms with Crippen molar-refractivity contribution in [1.29, 1.82) is 0 Å². The molecule has 0 bridgehead atoms. The van der Waals surface area contributed by atoms with Crippen LogP contribution in [0.1, 0.15) is 72.6 Å². The van der Waals surface area contributed by atoms with Crippen LogP contribution in [-0.2, 0) is 15.9 Å². The number of aromatic amines is 1. The highest BCUT2D eigenvalue weighted by atomic mass is 16.5. The molecule has 0 fully saturated rings. The average Bonchev–Trinajstić information content (AvgIpc) is 3.46. The number of esters is 2. The van der Waals surface area contributed by atoms with E-state index in [9.17, 15) is 19.5 Å². The average molecular weight is 525 g/mol. The third kappa shape index (κ3) is 4.69. The number of ether oxygens (including phenoxy) is 2. The highest BCUT2D eigenvalue weighted by Crippen LogP contribution is 2.38. The number of carbonyl (C=O) groups excluding carboxylic acids is 3. The van der Waals surface area contributed by atoms with Crippen LogP contribution in [0.2, 0.25) is 0 Å². The summed E-state index contributed by atoms with van der Waals surface area (Å²) in [6, 6.07) is 14.3. The number of para-hydroxylation sites is 1. The van der Waals surface area contributed by atoms with Gasteiger partial charge in [-0.1, -0.05) is 30.3 Å². The van der Waals surface area contributed by atoms with Gasteiger partial charge in [0, 0.05) is 11.1 Å². The van der Waals surface area contributed by atoms with E-state index in [1.165, 1.54) is 14.0 Å². The summed E-state index contributed by atoms with van der Waals surface area (Å²) < 4.78 is 10.6. The molecule has 5 rings (SSSR count). The lowest BCUT2D eigenvalue weighted by molar-refractivity contribution is 0.0317. The van der Waals surface area contributed by atoms with E-state index in [0.717, 1.165) is 22.4 Å². The fraction of sp³-hybridized carbons (Fsp3) is 0.226. The van der Waals surface area contributed by atoms with Gasteiger partial charge < -0.3 is 19.6 Å². The monoisotopic (exact) mass is 524 g/mol. The number of phenolic OH excluding ortho intramolecular Hbond substituents is 1. The zero-order valence-electron chi connectivity index (χ0n) is 22.1. The molecule has 2 heterocycles. The molecule has 0 saturated carbocycles. The molecule has 198 valence electrons. The number of aromatic nitrogens is 2. The number of benzene rings is 2. The Labute approximate surface area is 225 Å². The highest BCUT2D eigenvalue weighted by Gasteiger charge is 2.31. The number of nitrogens with zero attached hydrogens (tertiary/aromatic N) is 1. The topological polar surface area (TPSA) is 119 Å². The number of aryl methyl sites for hydroxylation is 1. The number of hydrogen-bond acceptors (Lipinski definition) is 7. The zero-order chi connectivity index (χ0) is 27.8. The van der Waals surface area contributed by atoms with Crippen LogP contribution in [0.25, 0.3) is 22.6 Å². The number of hydrogen-bond donors (Lipinski definition) is 2. The number of rotatable bonds is 6. The van der Waals surface area contributed by atoms with Gasteiger partial charge in [0.1, 0.15) is 5.75 Å². The van der Waals surface area contributed by atoms with Gasteiger partial charge >= 0.3 is 11.9 Å². The maximum absolute atomic E-state index is 13.6. The van der Waals surface area contributed by atoms with Crippen LogP contribution in [0.4, 0.5) is 0 Å². The van der Waals surface area contributed by atoms with E-state index in [1.807, 2.05) is 42.5 Å². The van der Waals surface area contributed by atoms with Gasteiger partial charge in [-0.3, -0.25) is 4.79 Å². The Morgan fingerprint density at radius 3 is 2.44 bits per heavy atom. The first-order valence-electron chi connectivity index (χ1n) is 12.6. The molecular formula is C31H28N2O6. The predicted molar refractivity (Wildman–Crippen MR) is 147 cm³/mol. The molecule has 2 N–H and O–H groups in total. The largest absolute Gasteiger partial charge is 0.508 e. The Bertz CT molecular complexity index is 1660. The molecule has 0 saturated heterocycles. The lowest BCUT2D eigenvalue weighted by atomic mass is 10.0. The first kappa shape index (κ1) is 25.9. The molecule has 1 aliphatic rings.